The van der Waals surface area contributed by atoms with Gasteiger partial charge in [0.2, 0.25) is 0 Å². The zero-order chi connectivity index (χ0) is 15.2. The van der Waals surface area contributed by atoms with Gasteiger partial charge in [0.05, 0.1) is 12.1 Å². The number of ether oxygens (including phenoxy) is 1. The smallest absolute Gasteiger partial charge is 0.257 e. The van der Waals surface area contributed by atoms with Gasteiger partial charge in [-0.05, 0) is 30.3 Å². The van der Waals surface area contributed by atoms with Gasteiger partial charge in [-0.3, -0.25) is 4.79 Å². The third kappa shape index (κ3) is 4.13. The zero-order valence-electron chi connectivity index (χ0n) is 11.6. The van der Waals surface area contributed by atoms with Crippen LogP contribution in [0, 0.1) is 0 Å². The maximum absolute atomic E-state index is 12.2. The second-order valence-corrected chi connectivity index (χ2v) is 4.99. The van der Waals surface area contributed by atoms with Crippen LogP contribution in [-0.4, -0.2) is 36.1 Å². The molecule has 0 aliphatic heterocycles. The van der Waals surface area contributed by atoms with Gasteiger partial charge >= 0.3 is 0 Å². The number of hydrogen-bond donors (Lipinski definition) is 1. The van der Waals surface area contributed by atoms with E-state index in [2.05, 4.69) is 0 Å². The second-order valence-electron chi connectivity index (χ2n) is 4.55. The van der Waals surface area contributed by atoms with Crippen molar-refractivity contribution >= 4 is 17.5 Å². The molecule has 0 spiro atoms. The van der Waals surface area contributed by atoms with E-state index in [9.17, 15) is 9.90 Å². The van der Waals surface area contributed by atoms with Gasteiger partial charge < -0.3 is 14.7 Å². The number of para-hydroxylation sites is 1. The van der Waals surface area contributed by atoms with Crippen LogP contribution < -0.4 is 4.74 Å². The summed E-state index contributed by atoms with van der Waals surface area (Å²) in [7, 11) is 1.65. The molecule has 2 rings (SSSR count). The molecule has 0 heterocycles. The Labute approximate surface area is 128 Å². The first kappa shape index (κ1) is 15.2. The van der Waals surface area contributed by atoms with Crippen LogP contribution in [-0.2, 0) is 0 Å². The summed E-state index contributed by atoms with van der Waals surface area (Å²) in [5, 5.41) is 10.1. The van der Waals surface area contributed by atoms with Crippen LogP contribution >= 0.6 is 11.6 Å². The molecule has 0 saturated heterocycles. The Morgan fingerprint density at radius 3 is 2.67 bits per heavy atom. The molecule has 0 saturated carbocycles. The van der Waals surface area contributed by atoms with Crippen LogP contribution in [0.5, 0.6) is 11.5 Å². The average molecular weight is 306 g/mol. The van der Waals surface area contributed by atoms with Crippen LogP contribution in [0.25, 0.3) is 0 Å². The van der Waals surface area contributed by atoms with Crippen molar-refractivity contribution in [3.63, 3.8) is 0 Å². The quantitative estimate of drug-likeness (QED) is 0.923. The van der Waals surface area contributed by atoms with Crippen molar-refractivity contribution in [3.8, 4) is 11.5 Å². The van der Waals surface area contributed by atoms with E-state index in [1.807, 2.05) is 30.3 Å². The molecule has 2 aromatic carbocycles. The topological polar surface area (TPSA) is 49.8 Å². The number of carbonyl (C=O) groups excluding carboxylic acids is 1. The summed E-state index contributed by atoms with van der Waals surface area (Å²) in [4.78, 5) is 13.7. The average Bonchev–Trinajstić information content (AvgIpc) is 2.50. The Balaban J connectivity index is 1.92. The van der Waals surface area contributed by atoms with E-state index in [1.54, 1.807) is 7.05 Å². The molecule has 0 aromatic heterocycles. The summed E-state index contributed by atoms with van der Waals surface area (Å²) in [6.45, 7) is 0.771. The molecular weight excluding hydrogens is 290 g/mol. The summed E-state index contributed by atoms with van der Waals surface area (Å²) >= 11 is 5.84. The molecule has 1 N–H and O–H groups in total. The fourth-order valence-corrected chi connectivity index (χ4v) is 1.98. The number of halogens is 1. The van der Waals surface area contributed by atoms with E-state index >= 15 is 0 Å². The Morgan fingerprint density at radius 1 is 1.24 bits per heavy atom. The van der Waals surface area contributed by atoms with Crippen molar-refractivity contribution in [2.24, 2.45) is 0 Å². The minimum atomic E-state index is -0.299. The Hall–Kier alpha value is -2.20. The van der Waals surface area contributed by atoms with Gasteiger partial charge in [0.25, 0.3) is 5.91 Å². The number of nitrogens with zero attached hydrogens (tertiary/aromatic N) is 1. The maximum atomic E-state index is 12.2. The van der Waals surface area contributed by atoms with Crippen LogP contribution in [0.15, 0.2) is 48.5 Å². The molecule has 0 bridgehead atoms. The Bertz CT molecular complexity index is 616. The van der Waals surface area contributed by atoms with Crippen LogP contribution in [0.3, 0.4) is 0 Å². The summed E-state index contributed by atoms with van der Waals surface area (Å²) in [6, 6.07) is 13.8. The molecule has 0 aliphatic rings. The number of aromatic hydroxyl groups is 1. The molecule has 0 radical (unpaired) electrons. The van der Waals surface area contributed by atoms with Crippen LogP contribution in [0.2, 0.25) is 5.02 Å². The number of phenols is 1. The normalized spacial score (nSPS) is 10.2. The predicted octanol–water partition coefficient (Wildman–Crippen LogP) is 3.20. The van der Waals surface area contributed by atoms with Gasteiger partial charge in [-0.15, -0.1) is 0 Å². The first-order valence-electron chi connectivity index (χ1n) is 6.50. The zero-order valence-corrected chi connectivity index (χ0v) is 12.4. The van der Waals surface area contributed by atoms with Crippen molar-refractivity contribution in [1.82, 2.24) is 4.90 Å². The summed E-state index contributed by atoms with van der Waals surface area (Å²) in [5.74, 6) is 0.371. The second kappa shape index (κ2) is 6.99. The monoisotopic (exact) mass is 305 g/mol. The predicted molar refractivity (Wildman–Crippen MR) is 82.0 cm³/mol. The van der Waals surface area contributed by atoms with E-state index < -0.39 is 0 Å². The van der Waals surface area contributed by atoms with Gasteiger partial charge in [-0.2, -0.15) is 0 Å². The molecule has 1 amide bonds. The fraction of sp³-hybridized carbons (Fsp3) is 0.188. The lowest BCUT2D eigenvalue weighted by atomic mass is 10.2. The van der Waals surface area contributed by atoms with E-state index in [0.717, 1.165) is 5.75 Å². The van der Waals surface area contributed by atoms with Crippen LogP contribution in [0.4, 0.5) is 0 Å². The molecule has 4 nitrogen and oxygen atoms in total. The van der Waals surface area contributed by atoms with Crippen LogP contribution in [0.1, 0.15) is 10.4 Å². The maximum Gasteiger partial charge on any atom is 0.257 e. The number of likely N-dealkylation sites (N-methyl/N-ethyl adjacent to an activating group) is 1. The molecule has 0 atom stereocenters. The fourth-order valence-electron chi connectivity index (χ4n) is 1.80. The number of benzene rings is 2. The minimum absolute atomic E-state index is 0.0831. The highest BCUT2D eigenvalue weighted by molar-refractivity contribution is 6.31. The lowest BCUT2D eigenvalue weighted by molar-refractivity contribution is 0.0771. The van der Waals surface area contributed by atoms with Crippen molar-refractivity contribution in [3.05, 3.63) is 59.1 Å². The van der Waals surface area contributed by atoms with Gasteiger partial charge in [-0.25, -0.2) is 0 Å². The molecule has 0 aliphatic carbocycles. The van der Waals surface area contributed by atoms with Gasteiger partial charge in [0.1, 0.15) is 18.1 Å². The van der Waals surface area contributed by atoms with Gasteiger partial charge in [0, 0.05) is 12.1 Å². The molecule has 2 aromatic rings. The number of carbonyl (C=O) groups is 1. The van der Waals surface area contributed by atoms with E-state index in [4.69, 9.17) is 16.3 Å². The molecular formula is C16H16ClNO3. The standard InChI is InChI=1S/C16H16ClNO3/c1-18(9-10-21-13-5-3-2-4-6-13)16(20)14-11-12(17)7-8-15(14)19/h2-8,11,19H,9-10H2,1H3. The Kier molecular flexibility index (Phi) is 5.06. The number of hydrogen-bond acceptors (Lipinski definition) is 3. The molecule has 5 heteroatoms. The molecule has 0 fully saturated rings. The first-order chi connectivity index (χ1) is 10.1. The number of phenolic OH excluding ortho intramolecular Hbond substituents is 1. The highest BCUT2D eigenvalue weighted by Gasteiger charge is 2.16. The third-order valence-electron chi connectivity index (χ3n) is 2.97. The summed E-state index contributed by atoms with van der Waals surface area (Å²) < 4.78 is 5.53. The Morgan fingerprint density at radius 2 is 1.95 bits per heavy atom. The SMILES string of the molecule is CN(CCOc1ccccc1)C(=O)c1cc(Cl)ccc1O. The molecule has 110 valence electrons. The van der Waals surface area contributed by atoms with Crippen molar-refractivity contribution in [2.45, 2.75) is 0 Å². The van der Waals surface area contributed by atoms with E-state index in [-0.39, 0.29) is 17.2 Å². The summed E-state index contributed by atoms with van der Waals surface area (Å²) in [5.41, 5.74) is 0.185. The lowest BCUT2D eigenvalue weighted by Crippen LogP contribution is -2.30. The minimum Gasteiger partial charge on any atom is -0.507 e. The van der Waals surface area contributed by atoms with Crippen molar-refractivity contribution in [2.75, 3.05) is 20.2 Å². The third-order valence-corrected chi connectivity index (χ3v) is 3.21. The molecule has 0 unspecified atom stereocenters. The first-order valence-corrected chi connectivity index (χ1v) is 6.87. The van der Waals surface area contributed by atoms with Crippen molar-refractivity contribution < 1.29 is 14.6 Å². The summed E-state index contributed by atoms with van der Waals surface area (Å²) in [6.07, 6.45) is 0. The van der Waals surface area contributed by atoms with Crippen molar-refractivity contribution in [1.29, 1.82) is 0 Å². The molecule has 21 heavy (non-hydrogen) atoms. The lowest BCUT2D eigenvalue weighted by Gasteiger charge is -2.18. The van der Waals surface area contributed by atoms with Gasteiger partial charge in [0.15, 0.2) is 0 Å². The highest BCUT2D eigenvalue weighted by atomic mass is 35.5. The number of rotatable bonds is 5. The number of amides is 1. The van der Waals surface area contributed by atoms with Gasteiger partial charge in [-0.1, -0.05) is 29.8 Å². The van der Waals surface area contributed by atoms with E-state index in [1.165, 1.54) is 23.1 Å². The largest absolute Gasteiger partial charge is 0.507 e. The highest BCUT2D eigenvalue weighted by Crippen LogP contribution is 2.22. The van der Waals surface area contributed by atoms with E-state index in [0.29, 0.717) is 18.2 Å².